The quantitative estimate of drug-likeness (QED) is 0.125. The molecule has 0 saturated heterocycles. The first kappa shape index (κ1) is 38.4. The maximum absolute atomic E-state index is 12.4. The highest BCUT2D eigenvalue weighted by atomic mass is 33.1. The number of Topliss-reactive ketones (excluding diaryl/α,β-unsaturated/α-hetero) is 2. The Kier molecular flexibility index (Phi) is 19.5. The Bertz CT molecular complexity index is 820. The van der Waals surface area contributed by atoms with E-state index in [9.17, 15) is 24.0 Å². The molecular weight excluding hydrogens is 548 g/mol. The van der Waals surface area contributed by atoms with Crippen LogP contribution in [0.5, 0.6) is 0 Å². The molecule has 2 atom stereocenters. The zero-order chi connectivity index (χ0) is 30.9. The van der Waals surface area contributed by atoms with Gasteiger partial charge in [-0.15, -0.1) is 0 Å². The molecule has 0 aromatic rings. The number of carbonyl (C=O) groups is 5. The number of likely N-dealkylation sites (N-methyl/N-ethyl adjacent to an activating group) is 1. The molecule has 0 fully saturated rings. The van der Waals surface area contributed by atoms with E-state index in [4.69, 9.17) is 0 Å². The van der Waals surface area contributed by atoms with Gasteiger partial charge in [-0.2, -0.15) is 0 Å². The van der Waals surface area contributed by atoms with Gasteiger partial charge in [0.2, 0.25) is 17.7 Å². The highest BCUT2D eigenvalue weighted by Gasteiger charge is 2.23. The Morgan fingerprint density at radius 2 is 1.52 bits per heavy atom. The Hall–Kier alpha value is -1.59. The van der Waals surface area contributed by atoms with Crippen LogP contribution in [0.2, 0.25) is 0 Å². The molecule has 0 bridgehead atoms. The lowest BCUT2D eigenvalue weighted by Gasteiger charge is -2.25. The standard InChI is InChI=1S/C29H54N4O5S2/c1-20(2)28(38)31-18-22(5)39-40-29(7,8)16-15-24(34)12-10-14-27(37)33(9)19-26(36)32-23(6)25(35)13-11-17-30-21(3)4/h20-23,30H,10-19H2,1-9H3,(H,31,38)(H,32,36)/t22?,23-/m0/s1. The fourth-order valence-corrected chi connectivity index (χ4v) is 5.96. The summed E-state index contributed by atoms with van der Waals surface area (Å²) >= 11 is 0. The fraction of sp³-hybridized carbons (Fsp3) is 0.828. The number of hydrogen-bond donors (Lipinski definition) is 3. The summed E-state index contributed by atoms with van der Waals surface area (Å²) in [5.41, 5.74) is 0. The van der Waals surface area contributed by atoms with Crippen LogP contribution in [0.4, 0.5) is 0 Å². The second-order valence-corrected chi connectivity index (χ2v) is 15.1. The zero-order valence-corrected chi connectivity index (χ0v) is 27.8. The monoisotopic (exact) mass is 602 g/mol. The third-order valence-electron chi connectivity index (χ3n) is 6.20. The van der Waals surface area contributed by atoms with E-state index in [2.05, 4.69) is 36.7 Å². The number of nitrogens with zero attached hydrogens (tertiary/aromatic N) is 1. The Balaban J connectivity index is 4.21. The summed E-state index contributed by atoms with van der Waals surface area (Å²) in [6, 6.07) is -0.229. The Labute approximate surface area is 250 Å². The molecule has 0 saturated carbocycles. The molecule has 0 aliphatic rings. The minimum Gasteiger partial charge on any atom is -0.355 e. The van der Waals surface area contributed by atoms with Crippen LogP contribution in [0.1, 0.15) is 100 Å². The molecule has 0 aliphatic heterocycles. The molecule has 0 aromatic carbocycles. The number of rotatable bonds is 22. The van der Waals surface area contributed by atoms with Gasteiger partial charge in [-0.1, -0.05) is 56.2 Å². The lowest BCUT2D eigenvalue weighted by Crippen LogP contribution is -2.44. The van der Waals surface area contributed by atoms with Gasteiger partial charge < -0.3 is 20.9 Å². The summed E-state index contributed by atoms with van der Waals surface area (Å²) in [6.07, 6.45) is 3.24. The van der Waals surface area contributed by atoms with Gasteiger partial charge in [0.15, 0.2) is 5.78 Å². The predicted molar refractivity (Wildman–Crippen MR) is 167 cm³/mol. The molecule has 11 heteroatoms. The van der Waals surface area contributed by atoms with Crippen molar-refractivity contribution in [2.45, 2.75) is 122 Å². The van der Waals surface area contributed by atoms with Crippen molar-refractivity contribution in [1.82, 2.24) is 20.9 Å². The van der Waals surface area contributed by atoms with Gasteiger partial charge in [0.05, 0.1) is 12.6 Å². The van der Waals surface area contributed by atoms with Gasteiger partial charge in [-0.05, 0) is 46.6 Å². The zero-order valence-electron chi connectivity index (χ0n) is 26.2. The second kappa shape index (κ2) is 20.3. The lowest BCUT2D eigenvalue weighted by atomic mass is 10.0. The Morgan fingerprint density at radius 1 is 0.875 bits per heavy atom. The second-order valence-electron chi connectivity index (χ2n) is 11.8. The number of nitrogens with one attached hydrogen (secondary N) is 3. The van der Waals surface area contributed by atoms with Gasteiger partial charge in [-0.25, -0.2) is 0 Å². The summed E-state index contributed by atoms with van der Waals surface area (Å²) in [5.74, 6) is -0.454. The molecule has 1 unspecified atom stereocenters. The first-order valence-corrected chi connectivity index (χ1v) is 16.7. The third kappa shape index (κ3) is 19.5. The molecule has 40 heavy (non-hydrogen) atoms. The van der Waals surface area contributed by atoms with E-state index < -0.39 is 6.04 Å². The predicted octanol–water partition coefficient (Wildman–Crippen LogP) is 4.14. The van der Waals surface area contributed by atoms with Gasteiger partial charge in [0.1, 0.15) is 5.78 Å². The van der Waals surface area contributed by atoms with Crippen LogP contribution in [0.3, 0.4) is 0 Å². The van der Waals surface area contributed by atoms with Crippen molar-refractivity contribution >= 4 is 50.9 Å². The number of carbonyl (C=O) groups excluding carboxylic acids is 5. The van der Waals surface area contributed by atoms with Crippen molar-refractivity contribution in [3.05, 3.63) is 0 Å². The smallest absolute Gasteiger partial charge is 0.240 e. The van der Waals surface area contributed by atoms with Crippen LogP contribution >= 0.6 is 21.6 Å². The number of amides is 3. The van der Waals surface area contributed by atoms with E-state index in [0.717, 1.165) is 13.0 Å². The van der Waals surface area contributed by atoms with Crippen molar-refractivity contribution in [2.75, 3.05) is 26.7 Å². The van der Waals surface area contributed by atoms with Crippen molar-refractivity contribution in [1.29, 1.82) is 0 Å². The van der Waals surface area contributed by atoms with Gasteiger partial charge in [0.25, 0.3) is 0 Å². The summed E-state index contributed by atoms with van der Waals surface area (Å²) in [7, 11) is 5.00. The fourth-order valence-electron chi connectivity index (χ4n) is 3.47. The largest absolute Gasteiger partial charge is 0.355 e. The number of ketones is 2. The summed E-state index contributed by atoms with van der Waals surface area (Å²) in [5, 5.41) is 9.14. The molecule has 3 N–H and O–H groups in total. The highest BCUT2D eigenvalue weighted by Crippen LogP contribution is 2.41. The van der Waals surface area contributed by atoms with Crippen molar-refractivity contribution in [3.8, 4) is 0 Å². The first-order chi connectivity index (χ1) is 18.5. The van der Waals surface area contributed by atoms with Crippen molar-refractivity contribution < 1.29 is 24.0 Å². The van der Waals surface area contributed by atoms with E-state index in [1.54, 1.807) is 35.6 Å². The topological polar surface area (TPSA) is 125 Å². The van der Waals surface area contributed by atoms with Crippen molar-refractivity contribution in [3.63, 3.8) is 0 Å². The van der Waals surface area contributed by atoms with E-state index in [1.165, 1.54) is 4.90 Å². The summed E-state index contributed by atoms with van der Waals surface area (Å²) < 4.78 is -0.0937. The molecule has 0 aromatic heterocycles. The lowest BCUT2D eigenvalue weighted by molar-refractivity contribution is -0.135. The molecule has 9 nitrogen and oxygen atoms in total. The first-order valence-electron chi connectivity index (χ1n) is 14.5. The third-order valence-corrected chi connectivity index (χ3v) is 10.1. The summed E-state index contributed by atoms with van der Waals surface area (Å²) in [6.45, 7) is 17.0. The van der Waals surface area contributed by atoms with E-state index in [0.29, 0.717) is 44.7 Å². The van der Waals surface area contributed by atoms with Crippen LogP contribution in [-0.2, 0) is 24.0 Å². The molecule has 0 spiro atoms. The van der Waals surface area contributed by atoms with Crippen LogP contribution in [0.15, 0.2) is 0 Å². The van der Waals surface area contributed by atoms with E-state index >= 15 is 0 Å². The van der Waals surface area contributed by atoms with Crippen molar-refractivity contribution in [2.24, 2.45) is 5.92 Å². The minimum absolute atomic E-state index is 0.0273. The summed E-state index contributed by atoms with van der Waals surface area (Å²) in [4.78, 5) is 62.5. The van der Waals surface area contributed by atoms with Crippen LogP contribution in [-0.4, -0.2) is 83.0 Å². The normalized spacial score (nSPS) is 13.2. The minimum atomic E-state index is -0.595. The molecule has 232 valence electrons. The van der Waals surface area contributed by atoms with E-state index in [1.807, 2.05) is 27.7 Å². The highest BCUT2D eigenvalue weighted by molar-refractivity contribution is 8.77. The maximum atomic E-state index is 12.4. The SMILES string of the molecule is CC(C)NCCCC(=O)[C@H](C)NC(=O)CN(C)C(=O)CCCC(=O)CCC(C)(C)SSC(C)CNC(=O)C(C)C. The molecule has 0 aliphatic carbocycles. The average Bonchev–Trinajstić information content (AvgIpc) is 2.86. The number of hydrogen-bond acceptors (Lipinski definition) is 8. The molecule has 0 rings (SSSR count). The average molecular weight is 603 g/mol. The Morgan fingerprint density at radius 3 is 2.12 bits per heavy atom. The van der Waals surface area contributed by atoms with Gasteiger partial charge >= 0.3 is 0 Å². The van der Waals surface area contributed by atoms with Gasteiger partial charge in [-0.3, -0.25) is 24.0 Å². The molecule has 3 amide bonds. The molecular formula is C29H54N4O5S2. The van der Waals surface area contributed by atoms with E-state index in [-0.39, 0.29) is 58.2 Å². The maximum Gasteiger partial charge on any atom is 0.240 e. The van der Waals surface area contributed by atoms with Gasteiger partial charge in [0, 0.05) is 61.2 Å². The van der Waals surface area contributed by atoms with Crippen LogP contribution in [0.25, 0.3) is 0 Å². The van der Waals surface area contributed by atoms with Crippen LogP contribution < -0.4 is 16.0 Å². The van der Waals surface area contributed by atoms with Crippen LogP contribution in [0, 0.1) is 5.92 Å². The molecule has 0 heterocycles. The molecule has 0 radical (unpaired) electrons.